The zero-order chi connectivity index (χ0) is 13.0. The number of hydrogen-bond acceptors (Lipinski definition) is 4. The predicted octanol–water partition coefficient (Wildman–Crippen LogP) is 0.679. The lowest BCUT2D eigenvalue weighted by Gasteiger charge is -2.40. The van der Waals surface area contributed by atoms with Crippen molar-refractivity contribution in [3.05, 3.63) is 23.2 Å². The van der Waals surface area contributed by atoms with Gasteiger partial charge in [-0.15, -0.1) is 0 Å². The normalized spacial score (nSPS) is 34.7. The molecular formula is C13H18N2O3. The third kappa shape index (κ3) is 1.51. The van der Waals surface area contributed by atoms with Crippen molar-refractivity contribution in [1.82, 2.24) is 10.2 Å². The van der Waals surface area contributed by atoms with Gasteiger partial charge in [0.1, 0.15) is 18.2 Å². The summed E-state index contributed by atoms with van der Waals surface area (Å²) in [5.41, 5.74) is 1.64. The van der Waals surface area contributed by atoms with Crippen LogP contribution >= 0.6 is 0 Å². The van der Waals surface area contributed by atoms with Gasteiger partial charge in [-0.25, -0.2) is 0 Å². The Bertz CT molecular complexity index is 467. The summed E-state index contributed by atoms with van der Waals surface area (Å²) in [5, 5.41) is 13.0. The van der Waals surface area contributed by atoms with Crippen molar-refractivity contribution < 1.29 is 14.6 Å². The summed E-state index contributed by atoms with van der Waals surface area (Å²) in [6, 6.07) is 0. The first-order chi connectivity index (χ1) is 8.49. The molecule has 3 unspecified atom stereocenters. The van der Waals surface area contributed by atoms with Crippen LogP contribution in [0.4, 0.5) is 0 Å². The van der Waals surface area contributed by atoms with E-state index >= 15 is 0 Å². The summed E-state index contributed by atoms with van der Waals surface area (Å²) in [7, 11) is 0. The molecule has 3 aliphatic heterocycles. The van der Waals surface area contributed by atoms with Gasteiger partial charge in [-0.05, 0) is 12.8 Å². The Labute approximate surface area is 106 Å². The highest BCUT2D eigenvalue weighted by molar-refractivity contribution is 5.95. The Morgan fingerprint density at radius 1 is 1.56 bits per heavy atom. The molecule has 0 radical (unpaired) electrons. The van der Waals surface area contributed by atoms with Crippen LogP contribution in [0.3, 0.4) is 0 Å². The van der Waals surface area contributed by atoms with E-state index in [0.717, 1.165) is 11.4 Å². The minimum absolute atomic E-state index is 0.0739. The van der Waals surface area contributed by atoms with Gasteiger partial charge < -0.3 is 20.1 Å². The van der Waals surface area contributed by atoms with Crippen molar-refractivity contribution in [2.45, 2.75) is 45.6 Å². The molecule has 1 fully saturated rings. The van der Waals surface area contributed by atoms with Crippen molar-refractivity contribution in [3.8, 4) is 0 Å². The van der Waals surface area contributed by atoms with Crippen LogP contribution in [0.5, 0.6) is 0 Å². The number of rotatable bonds is 1. The van der Waals surface area contributed by atoms with Crippen molar-refractivity contribution >= 4 is 5.91 Å². The van der Waals surface area contributed by atoms with Crippen LogP contribution in [0.25, 0.3) is 0 Å². The molecule has 5 heteroatoms. The highest BCUT2D eigenvalue weighted by atomic mass is 16.5. The predicted molar refractivity (Wildman–Crippen MR) is 64.9 cm³/mol. The van der Waals surface area contributed by atoms with Crippen LogP contribution < -0.4 is 5.32 Å². The first-order valence-electron chi connectivity index (χ1n) is 6.34. The van der Waals surface area contributed by atoms with Crippen LogP contribution in [-0.2, 0) is 9.53 Å². The molecule has 3 rings (SSSR count). The number of fused-ring (bicyclic) bond motifs is 4. The fraction of sp³-hybridized carbons (Fsp3) is 0.615. The highest BCUT2D eigenvalue weighted by Gasteiger charge is 2.47. The third-order valence-corrected chi connectivity index (χ3v) is 3.79. The van der Waals surface area contributed by atoms with Gasteiger partial charge in [0.15, 0.2) is 0 Å². The number of amides is 1. The first-order valence-corrected chi connectivity index (χ1v) is 6.34. The van der Waals surface area contributed by atoms with Crippen molar-refractivity contribution in [2.75, 3.05) is 0 Å². The fourth-order valence-electron chi connectivity index (χ4n) is 2.89. The van der Waals surface area contributed by atoms with E-state index in [1.54, 1.807) is 6.92 Å². The molecule has 3 atom stereocenters. The lowest BCUT2D eigenvalue weighted by Crippen LogP contribution is -2.48. The number of hydrogen-bond donors (Lipinski definition) is 2. The molecule has 3 aliphatic rings. The Kier molecular flexibility index (Phi) is 2.50. The van der Waals surface area contributed by atoms with E-state index in [1.165, 1.54) is 0 Å². The number of nitrogens with one attached hydrogen (secondary N) is 1. The molecule has 0 aromatic rings. The molecule has 2 bridgehead atoms. The third-order valence-electron chi connectivity index (χ3n) is 3.79. The average Bonchev–Trinajstić information content (AvgIpc) is 2.61. The Hall–Kier alpha value is -1.33. The summed E-state index contributed by atoms with van der Waals surface area (Å²) in [6.07, 6.45) is 1.45. The van der Waals surface area contributed by atoms with Crippen molar-refractivity contribution in [2.24, 2.45) is 5.92 Å². The van der Waals surface area contributed by atoms with Crippen LogP contribution in [0.1, 0.15) is 27.2 Å². The maximum Gasteiger partial charge on any atom is 0.253 e. The number of carbonyl (C=O) groups excluding carboxylic acids is 1. The van der Waals surface area contributed by atoms with Gasteiger partial charge >= 0.3 is 0 Å². The maximum absolute atomic E-state index is 11.8. The van der Waals surface area contributed by atoms with E-state index in [9.17, 15) is 9.90 Å². The second-order valence-corrected chi connectivity index (χ2v) is 5.45. The minimum atomic E-state index is -0.490. The molecule has 0 saturated carbocycles. The molecule has 0 spiro atoms. The molecule has 5 nitrogen and oxygen atoms in total. The van der Waals surface area contributed by atoms with Crippen LogP contribution in [0.15, 0.2) is 23.2 Å². The maximum atomic E-state index is 11.8. The van der Waals surface area contributed by atoms with Gasteiger partial charge in [0.25, 0.3) is 5.91 Å². The van der Waals surface area contributed by atoms with E-state index in [2.05, 4.69) is 5.32 Å². The van der Waals surface area contributed by atoms with E-state index in [1.807, 2.05) is 24.9 Å². The number of carbonyl (C=O) groups is 1. The number of aliphatic hydroxyl groups excluding tert-OH is 1. The monoisotopic (exact) mass is 250 g/mol. The zero-order valence-corrected chi connectivity index (χ0v) is 10.8. The average molecular weight is 250 g/mol. The molecule has 0 aromatic heterocycles. The smallest absolute Gasteiger partial charge is 0.253 e. The highest BCUT2D eigenvalue weighted by Crippen LogP contribution is 2.40. The second kappa shape index (κ2) is 3.83. The number of aliphatic hydroxyl groups is 1. The standard InChI is InChI=1S/C13H18N2O3/c1-6(2)10-11-8(16)4-9(18-11)15-5-7(3)13(17)14-12(10)15/h5-6,8-9,11,16H,4H2,1-3H3,(H,14,17). The van der Waals surface area contributed by atoms with Gasteiger partial charge in [-0.1, -0.05) is 13.8 Å². The summed E-state index contributed by atoms with van der Waals surface area (Å²) >= 11 is 0. The van der Waals surface area contributed by atoms with Crippen LogP contribution in [-0.4, -0.2) is 34.3 Å². The largest absolute Gasteiger partial charge is 0.390 e. The van der Waals surface area contributed by atoms with E-state index in [0.29, 0.717) is 12.0 Å². The molecule has 18 heavy (non-hydrogen) atoms. The number of nitrogens with zero attached hydrogens (tertiary/aromatic N) is 1. The molecule has 3 heterocycles. The minimum Gasteiger partial charge on any atom is -0.390 e. The lowest BCUT2D eigenvalue weighted by atomic mass is 9.94. The molecule has 0 aromatic carbocycles. The summed E-state index contributed by atoms with van der Waals surface area (Å²) in [5.74, 6) is 0.946. The SMILES string of the molecule is CC1=CN2C(=C(C(C)C)C3OC2CC3O)NC1=O. The second-order valence-electron chi connectivity index (χ2n) is 5.45. The van der Waals surface area contributed by atoms with Gasteiger partial charge in [-0.2, -0.15) is 0 Å². The summed E-state index contributed by atoms with van der Waals surface area (Å²) in [4.78, 5) is 13.7. The van der Waals surface area contributed by atoms with Crippen molar-refractivity contribution in [3.63, 3.8) is 0 Å². The fourth-order valence-corrected chi connectivity index (χ4v) is 2.89. The summed E-state index contributed by atoms with van der Waals surface area (Å²) in [6.45, 7) is 5.87. The molecular weight excluding hydrogens is 232 g/mol. The lowest BCUT2D eigenvalue weighted by molar-refractivity contribution is -0.119. The zero-order valence-electron chi connectivity index (χ0n) is 10.8. The first kappa shape index (κ1) is 11.7. The quantitative estimate of drug-likeness (QED) is 0.718. The van der Waals surface area contributed by atoms with Gasteiger partial charge in [-0.3, -0.25) is 4.79 Å². The molecule has 0 aliphatic carbocycles. The Morgan fingerprint density at radius 2 is 2.28 bits per heavy atom. The van der Waals surface area contributed by atoms with E-state index in [-0.39, 0.29) is 24.2 Å². The van der Waals surface area contributed by atoms with Crippen LogP contribution in [0, 0.1) is 5.92 Å². The summed E-state index contributed by atoms with van der Waals surface area (Å²) < 4.78 is 5.86. The van der Waals surface area contributed by atoms with E-state index in [4.69, 9.17) is 4.74 Å². The van der Waals surface area contributed by atoms with Crippen LogP contribution in [0.2, 0.25) is 0 Å². The Balaban J connectivity index is 2.12. The molecule has 98 valence electrons. The van der Waals surface area contributed by atoms with E-state index < -0.39 is 6.10 Å². The van der Waals surface area contributed by atoms with Gasteiger partial charge in [0.05, 0.1) is 6.10 Å². The van der Waals surface area contributed by atoms with Gasteiger partial charge in [0, 0.05) is 23.8 Å². The Morgan fingerprint density at radius 3 is 2.94 bits per heavy atom. The van der Waals surface area contributed by atoms with Gasteiger partial charge in [0.2, 0.25) is 0 Å². The number of ether oxygens (including phenoxy) is 1. The molecule has 2 N–H and O–H groups in total. The van der Waals surface area contributed by atoms with Crippen molar-refractivity contribution in [1.29, 1.82) is 0 Å². The molecule has 1 saturated heterocycles. The molecule has 1 amide bonds. The topological polar surface area (TPSA) is 61.8 Å².